The number of thiazole rings is 1. The van der Waals surface area contributed by atoms with Crippen molar-refractivity contribution in [1.82, 2.24) is 4.98 Å². The van der Waals surface area contributed by atoms with E-state index in [4.69, 9.17) is 0 Å². The molecule has 0 fully saturated rings. The predicted octanol–water partition coefficient (Wildman–Crippen LogP) is 3.76. The first kappa shape index (κ1) is 13.0. The van der Waals surface area contributed by atoms with Crippen molar-refractivity contribution in [2.24, 2.45) is 0 Å². The monoisotopic (exact) mass is 259 g/mol. The first-order chi connectivity index (χ1) is 8.70. The molecular formula is C15H17NOS. The number of hydrogen-bond acceptors (Lipinski definition) is 3. The van der Waals surface area contributed by atoms with E-state index in [0.717, 1.165) is 22.7 Å². The van der Waals surface area contributed by atoms with Gasteiger partial charge in [0.05, 0.1) is 17.1 Å². The van der Waals surface area contributed by atoms with Gasteiger partial charge in [-0.25, -0.2) is 4.98 Å². The topological polar surface area (TPSA) is 30.0 Å². The summed E-state index contributed by atoms with van der Waals surface area (Å²) in [4.78, 5) is 16.7. The minimum atomic E-state index is -0.00629. The molecule has 0 bridgehead atoms. The molecule has 0 aliphatic carbocycles. The Hall–Kier alpha value is -1.48. The maximum absolute atomic E-state index is 12.3. The zero-order chi connectivity index (χ0) is 13.0. The van der Waals surface area contributed by atoms with Gasteiger partial charge in [0.2, 0.25) is 0 Å². The van der Waals surface area contributed by atoms with Crippen LogP contribution in [0.15, 0.2) is 35.7 Å². The molecule has 0 N–H and O–H groups in total. The largest absolute Gasteiger partial charge is 0.299 e. The van der Waals surface area contributed by atoms with Gasteiger partial charge in [-0.05, 0) is 18.9 Å². The molecule has 0 aliphatic heterocycles. The number of carbonyl (C=O) groups excluding carboxylic acids is 1. The average molecular weight is 259 g/mol. The molecule has 1 heterocycles. The summed E-state index contributed by atoms with van der Waals surface area (Å²) in [5.74, 6) is 0.252. The summed E-state index contributed by atoms with van der Waals surface area (Å²) in [5.41, 5.74) is 2.01. The van der Waals surface area contributed by atoms with Crippen LogP contribution in [0.25, 0.3) is 0 Å². The summed E-state index contributed by atoms with van der Waals surface area (Å²) >= 11 is 1.60. The van der Waals surface area contributed by atoms with Gasteiger partial charge in [-0.15, -0.1) is 11.3 Å². The molecule has 18 heavy (non-hydrogen) atoms. The first-order valence-corrected chi connectivity index (χ1v) is 7.07. The lowest BCUT2D eigenvalue weighted by Gasteiger charge is -2.13. The Bertz CT molecular complexity index is 518. The van der Waals surface area contributed by atoms with Gasteiger partial charge in [-0.1, -0.05) is 37.3 Å². The van der Waals surface area contributed by atoms with Crippen LogP contribution in [0.4, 0.5) is 0 Å². The van der Waals surface area contributed by atoms with Gasteiger partial charge in [0, 0.05) is 11.3 Å². The van der Waals surface area contributed by atoms with E-state index < -0.39 is 0 Å². The molecular weight excluding hydrogens is 242 g/mol. The second kappa shape index (κ2) is 5.91. The zero-order valence-corrected chi connectivity index (χ0v) is 11.5. The molecule has 94 valence electrons. The van der Waals surface area contributed by atoms with Crippen molar-refractivity contribution in [2.45, 2.75) is 32.6 Å². The molecule has 2 rings (SSSR count). The normalized spacial score (nSPS) is 12.3. The first-order valence-electron chi connectivity index (χ1n) is 6.19. The van der Waals surface area contributed by atoms with Crippen LogP contribution < -0.4 is 0 Å². The van der Waals surface area contributed by atoms with Gasteiger partial charge in [0.1, 0.15) is 5.78 Å². The van der Waals surface area contributed by atoms with E-state index in [1.807, 2.05) is 42.6 Å². The highest BCUT2D eigenvalue weighted by Crippen LogP contribution is 2.22. The van der Waals surface area contributed by atoms with Crippen molar-refractivity contribution in [3.8, 4) is 0 Å². The molecule has 1 aromatic carbocycles. The van der Waals surface area contributed by atoms with Crippen molar-refractivity contribution in [1.29, 1.82) is 0 Å². The Balaban J connectivity index is 2.11. The molecule has 0 spiro atoms. The van der Waals surface area contributed by atoms with Crippen molar-refractivity contribution in [3.63, 3.8) is 0 Å². The molecule has 0 saturated heterocycles. The fourth-order valence-corrected chi connectivity index (χ4v) is 2.74. The number of rotatable bonds is 5. The third kappa shape index (κ3) is 3.05. The van der Waals surface area contributed by atoms with E-state index in [9.17, 15) is 4.79 Å². The van der Waals surface area contributed by atoms with Crippen molar-refractivity contribution in [2.75, 3.05) is 0 Å². The Labute approximate surface area is 112 Å². The summed E-state index contributed by atoms with van der Waals surface area (Å²) in [7, 11) is 0. The molecule has 3 heteroatoms. The summed E-state index contributed by atoms with van der Waals surface area (Å²) in [6.45, 7) is 4.02. The highest BCUT2D eigenvalue weighted by atomic mass is 32.1. The maximum atomic E-state index is 12.3. The SMILES string of the molecule is CCC(C(=O)Cc1csc(C)n1)c1ccccc1. The fourth-order valence-electron chi connectivity index (χ4n) is 2.13. The number of ketones is 1. The molecule has 2 nitrogen and oxygen atoms in total. The summed E-state index contributed by atoms with van der Waals surface area (Å²) < 4.78 is 0. The van der Waals surface area contributed by atoms with Gasteiger partial charge < -0.3 is 0 Å². The van der Waals surface area contributed by atoms with Crippen LogP contribution >= 0.6 is 11.3 Å². The maximum Gasteiger partial charge on any atom is 0.146 e. The molecule has 0 radical (unpaired) electrons. The molecule has 0 aliphatic rings. The van der Waals surface area contributed by atoms with Crippen LogP contribution in [0.2, 0.25) is 0 Å². The average Bonchev–Trinajstić information content (AvgIpc) is 2.77. The number of Topliss-reactive ketones (excluding diaryl/α,β-unsaturated/α-hetero) is 1. The lowest BCUT2D eigenvalue weighted by Crippen LogP contribution is -2.14. The number of carbonyl (C=O) groups is 1. The standard InChI is InChI=1S/C15H17NOS/c1-3-14(12-7-5-4-6-8-12)15(17)9-13-10-18-11(2)16-13/h4-8,10,14H,3,9H2,1-2H3. The van der Waals surface area contributed by atoms with Crippen molar-refractivity contribution >= 4 is 17.1 Å². The van der Waals surface area contributed by atoms with E-state index >= 15 is 0 Å². The lowest BCUT2D eigenvalue weighted by molar-refractivity contribution is -0.120. The van der Waals surface area contributed by atoms with Crippen LogP contribution in [-0.2, 0) is 11.2 Å². The van der Waals surface area contributed by atoms with Crippen LogP contribution in [-0.4, -0.2) is 10.8 Å². The molecule has 1 unspecified atom stereocenters. The van der Waals surface area contributed by atoms with Crippen molar-refractivity contribution in [3.05, 3.63) is 52.0 Å². The van der Waals surface area contributed by atoms with Gasteiger partial charge in [-0.3, -0.25) is 4.79 Å². The van der Waals surface area contributed by atoms with E-state index in [0.29, 0.717) is 6.42 Å². The van der Waals surface area contributed by atoms with Crippen LogP contribution in [0.5, 0.6) is 0 Å². The van der Waals surface area contributed by atoms with Gasteiger partial charge in [0.25, 0.3) is 0 Å². The van der Waals surface area contributed by atoms with Crippen LogP contribution in [0.3, 0.4) is 0 Å². The predicted molar refractivity (Wildman–Crippen MR) is 75.0 cm³/mol. The second-order valence-electron chi connectivity index (χ2n) is 4.37. The Morgan fingerprint density at radius 2 is 2.06 bits per heavy atom. The minimum Gasteiger partial charge on any atom is -0.299 e. The van der Waals surface area contributed by atoms with Gasteiger partial charge in [0.15, 0.2) is 0 Å². The molecule has 0 saturated carbocycles. The van der Waals surface area contributed by atoms with Crippen LogP contribution in [0, 0.1) is 6.92 Å². The number of aryl methyl sites for hydroxylation is 1. The van der Waals surface area contributed by atoms with Gasteiger partial charge in [-0.2, -0.15) is 0 Å². The summed E-state index contributed by atoms with van der Waals surface area (Å²) in [6, 6.07) is 10.00. The second-order valence-corrected chi connectivity index (χ2v) is 5.43. The summed E-state index contributed by atoms with van der Waals surface area (Å²) in [6.07, 6.45) is 1.28. The highest BCUT2D eigenvalue weighted by Gasteiger charge is 2.19. The quantitative estimate of drug-likeness (QED) is 0.818. The number of hydrogen-bond donors (Lipinski definition) is 0. The molecule has 1 atom stereocenters. The smallest absolute Gasteiger partial charge is 0.146 e. The van der Waals surface area contributed by atoms with E-state index in [1.54, 1.807) is 11.3 Å². The number of nitrogens with zero attached hydrogens (tertiary/aromatic N) is 1. The Morgan fingerprint density at radius 3 is 2.61 bits per heavy atom. The van der Waals surface area contributed by atoms with E-state index in [1.165, 1.54) is 0 Å². The molecule has 0 amide bonds. The van der Waals surface area contributed by atoms with Crippen molar-refractivity contribution < 1.29 is 4.79 Å². The number of benzene rings is 1. The Kier molecular flexibility index (Phi) is 4.26. The lowest BCUT2D eigenvalue weighted by atomic mass is 9.90. The van der Waals surface area contributed by atoms with Gasteiger partial charge >= 0.3 is 0 Å². The Morgan fingerprint density at radius 1 is 1.33 bits per heavy atom. The van der Waals surface area contributed by atoms with E-state index in [-0.39, 0.29) is 11.7 Å². The minimum absolute atomic E-state index is 0.00629. The molecule has 1 aromatic heterocycles. The fraction of sp³-hybridized carbons (Fsp3) is 0.333. The van der Waals surface area contributed by atoms with E-state index in [2.05, 4.69) is 11.9 Å². The highest BCUT2D eigenvalue weighted by molar-refractivity contribution is 7.09. The van der Waals surface area contributed by atoms with Crippen LogP contribution in [0.1, 0.15) is 35.5 Å². The number of aromatic nitrogens is 1. The third-order valence-corrected chi connectivity index (χ3v) is 3.84. The zero-order valence-electron chi connectivity index (χ0n) is 10.7. The molecule has 2 aromatic rings. The third-order valence-electron chi connectivity index (χ3n) is 3.02. The summed E-state index contributed by atoms with van der Waals surface area (Å²) in [5, 5.41) is 3.00.